The van der Waals surface area contributed by atoms with Gasteiger partial charge in [-0.15, -0.1) is 0 Å². The number of rotatable bonds is 3. The Morgan fingerprint density at radius 3 is 2.73 bits per heavy atom. The molecule has 4 heteroatoms. The molecule has 0 radical (unpaired) electrons. The molecule has 0 bridgehead atoms. The maximum atomic E-state index is 12.4. The number of hydrogen-bond donors (Lipinski definition) is 1. The molecule has 0 aromatic carbocycles. The second-order valence-corrected chi connectivity index (χ2v) is 1.81. The Hall–Kier alpha value is -1.06. The van der Waals surface area contributed by atoms with Gasteiger partial charge in [0.1, 0.15) is 0 Å². The average Bonchev–Trinajstić information content (AvgIpc) is 1.87. The summed E-state index contributed by atoms with van der Waals surface area (Å²) in [5, 5.41) is 1.91. The largest absolute Gasteiger partial charge is 0.450 e. The van der Waals surface area contributed by atoms with Crippen LogP contribution >= 0.6 is 0 Å². The van der Waals surface area contributed by atoms with Crippen LogP contribution in [0.2, 0.25) is 0 Å². The van der Waals surface area contributed by atoms with Gasteiger partial charge in [-0.3, -0.25) is 5.32 Å². The van der Waals surface area contributed by atoms with E-state index in [1.165, 1.54) is 6.08 Å². The summed E-state index contributed by atoms with van der Waals surface area (Å²) in [4.78, 5) is 10.5. The molecule has 0 heterocycles. The van der Waals surface area contributed by atoms with Crippen molar-refractivity contribution in [2.45, 2.75) is 20.3 Å². The summed E-state index contributed by atoms with van der Waals surface area (Å²) in [6.45, 7) is 3.67. The molecule has 0 rings (SSSR count). The maximum absolute atomic E-state index is 12.4. The van der Waals surface area contributed by atoms with Gasteiger partial charge in [-0.25, -0.2) is 4.79 Å². The van der Waals surface area contributed by atoms with Crippen LogP contribution in [-0.2, 0) is 4.74 Å². The lowest BCUT2D eigenvalue weighted by atomic mass is 10.5. The van der Waals surface area contributed by atoms with Gasteiger partial charge in [-0.05, 0) is 19.4 Å². The van der Waals surface area contributed by atoms with Crippen LogP contribution in [0, 0.1) is 0 Å². The van der Waals surface area contributed by atoms with Gasteiger partial charge < -0.3 is 4.74 Å². The van der Waals surface area contributed by atoms with E-state index in [4.69, 9.17) is 0 Å². The Labute approximate surface area is 65.2 Å². The standard InChI is InChI=1S/C7H12FNO2/c1-3-5-6(8)9-7(10)11-4-2/h5H,3-4H2,1-2H3,(H,9,10). The Bertz CT molecular complexity index is 157. The monoisotopic (exact) mass is 161 g/mol. The van der Waals surface area contributed by atoms with Crippen LogP contribution in [0.5, 0.6) is 0 Å². The summed E-state index contributed by atoms with van der Waals surface area (Å²) >= 11 is 0. The van der Waals surface area contributed by atoms with E-state index in [0.29, 0.717) is 6.42 Å². The molecule has 0 aliphatic carbocycles. The lowest BCUT2D eigenvalue weighted by molar-refractivity contribution is 0.152. The second-order valence-electron chi connectivity index (χ2n) is 1.81. The first-order valence-electron chi connectivity index (χ1n) is 3.50. The summed E-state index contributed by atoms with van der Waals surface area (Å²) in [5.74, 6) is -0.661. The molecule has 0 atom stereocenters. The molecule has 11 heavy (non-hydrogen) atoms. The SMILES string of the molecule is CCC=C(F)NC(=O)OCC. The van der Waals surface area contributed by atoms with E-state index in [1.54, 1.807) is 13.8 Å². The number of halogens is 1. The van der Waals surface area contributed by atoms with Crippen molar-refractivity contribution in [3.63, 3.8) is 0 Å². The minimum Gasteiger partial charge on any atom is -0.450 e. The van der Waals surface area contributed by atoms with Gasteiger partial charge in [0, 0.05) is 0 Å². The minimum absolute atomic E-state index is 0.241. The highest BCUT2D eigenvalue weighted by atomic mass is 19.1. The van der Waals surface area contributed by atoms with E-state index >= 15 is 0 Å². The van der Waals surface area contributed by atoms with Crippen molar-refractivity contribution in [3.8, 4) is 0 Å². The zero-order chi connectivity index (χ0) is 8.69. The summed E-state index contributed by atoms with van der Waals surface area (Å²) < 4.78 is 16.9. The smallest absolute Gasteiger partial charge is 0.413 e. The van der Waals surface area contributed by atoms with Crippen LogP contribution in [-0.4, -0.2) is 12.7 Å². The molecule has 1 N–H and O–H groups in total. The molecule has 0 aromatic heterocycles. The van der Waals surface area contributed by atoms with Crippen molar-refractivity contribution in [2.24, 2.45) is 0 Å². The van der Waals surface area contributed by atoms with E-state index in [0.717, 1.165) is 0 Å². The number of nitrogens with one attached hydrogen (secondary N) is 1. The van der Waals surface area contributed by atoms with Crippen LogP contribution < -0.4 is 5.32 Å². The molecule has 0 spiro atoms. The normalized spacial score (nSPS) is 11.0. The molecule has 1 amide bonds. The molecule has 0 saturated carbocycles. The molecular formula is C7H12FNO2. The Kier molecular flexibility index (Phi) is 5.15. The molecule has 0 unspecified atom stereocenters. The average molecular weight is 161 g/mol. The number of allylic oxidation sites excluding steroid dienone is 1. The van der Waals surface area contributed by atoms with Gasteiger partial charge >= 0.3 is 6.09 Å². The van der Waals surface area contributed by atoms with E-state index in [9.17, 15) is 9.18 Å². The van der Waals surface area contributed by atoms with Crippen molar-refractivity contribution in [2.75, 3.05) is 6.61 Å². The fraction of sp³-hybridized carbons (Fsp3) is 0.571. The number of alkyl carbamates (subject to hydrolysis) is 1. The lowest BCUT2D eigenvalue weighted by Gasteiger charge is -2.00. The molecule has 3 nitrogen and oxygen atoms in total. The van der Waals surface area contributed by atoms with E-state index < -0.39 is 12.0 Å². The number of amides is 1. The molecular weight excluding hydrogens is 149 g/mol. The van der Waals surface area contributed by atoms with Gasteiger partial charge in [-0.1, -0.05) is 6.92 Å². The number of carbonyl (C=O) groups excluding carboxylic acids is 1. The van der Waals surface area contributed by atoms with E-state index in [1.807, 2.05) is 5.32 Å². The van der Waals surface area contributed by atoms with Crippen LogP contribution in [0.15, 0.2) is 12.0 Å². The number of carbonyl (C=O) groups is 1. The Morgan fingerprint density at radius 1 is 1.64 bits per heavy atom. The predicted molar refractivity (Wildman–Crippen MR) is 39.6 cm³/mol. The molecule has 64 valence electrons. The molecule has 0 aliphatic heterocycles. The van der Waals surface area contributed by atoms with Crippen LogP contribution in [0.1, 0.15) is 20.3 Å². The Balaban J connectivity index is 3.66. The topological polar surface area (TPSA) is 38.3 Å². The van der Waals surface area contributed by atoms with Gasteiger partial charge in [-0.2, -0.15) is 4.39 Å². The molecule has 0 aromatic rings. The molecule has 0 fully saturated rings. The summed E-state index contributed by atoms with van der Waals surface area (Å²) in [6.07, 6.45) is 1.05. The van der Waals surface area contributed by atoms with Crippen molar-refractivity contribution < 1.29 is 13.9 Å². The van der Waals surface area contributed by atoms with E-state index in [2.05, 4.69) is 4.74 Å². The van der Waals surface area contributed by atoms with Crippen molar-refractivity contribution in [1.82, 2.24) is 5.32 Å². The highest BCUT2D eigenvalue weighted by Gasteiger charge is 2.01. The maximum Gasteiger partial charge on any atom is 0.413 e. The van der Waals surface area contributed by atoms with Crippen molar-refractivity contribution in [1.29, 1.82) is 0 Å². The first-order valence-corrected chi connectivity index (χ1v) is 3.50. The summed E-state index contributed by atoms with van der Waals surface area (Å²) in [7, 11) is 0. The van der Waals surface area contributed by atoms with E-state index in [-0.39, 0.29) is 6.61 Å². The minimum atomic E-state index is -0.755. The predicted octanol–water partition coefficient (Wildman–Crippen LogP) is 1.95. The van der Waals surface area contributed by atoms with Gasteiger partial charge in [0.15, 0.2) is 5.95 Å². The zero-order valence-corrected chi connectivity index (χ0v) is 6.69. The van der Waals surface area contributed by atoms with Gasteiger partial charge in [0.05, 0.1) is 6.61 Å². The van der Waals surface area contributed by atoms with Gasteiger partial charge in [0.25, 0.3) is 0 Å². The Morgan fingerprint density at radius 2 is 2.27 bits per heavy atom. The number of hydrogen-bond acceptors (Lipinski definition) is 2. The summed E-state index contributed by atoms with van der Waals surface area (Å²) in [6, 6.07) is 0. The third-order valence-electron chi connectivity index (χ3n) is 0.880. The summed E-state index contributed by atoms with van der Waals surface area (Å²) in [5.41, 5.74) is 0. The third kappa shape index (κ3) is 5.39. The third-order valence-corrected chi connectivity index (χ3v) is 0.880. The highest BCUT2D eigenvalue weighted by Crippen LogP contribution is 1.93. The zero-order valence-electron chi connectivity index (χ0n) is 6.69. The molecule has 0 aliphatic rings. The van der Waals surface area contributed by atoms with Crippen molar-refractivity contribution >= 4 is 6.09 Å². The first-order chi connectivity index (χ1) is 5.20. The molecule has 0 saturated heterocycles. The van der Waals surface area contributed by atoms with Gasteiger partial charge in [0.2, 0.25) is 0 Å². The fourth-order valence-corrected chi connectivity index (χ4v) is 0.495. The van der Waals surface area contributed by atoms with Crippen LogP contribution in [0.25, 0.3) is 0 Å². The second kappa shape index (κ2) is 5.70. The fourth-order valence-electron chi connectivity index (χ4n) is 0.495. The first kappa shape index (κ1) is 9.94. The quantitative estimate of drug-likeness (QED) is 0.642. The lowest BCUT2D eigenvalue weighted by Crippen LogP contribution is -2.21. The number of ether oxygens (including phenoxy) is 1. The van der Waals surface area contributed by atoms with Crippen LogP contribution in [0.4, 0.5) is 9.18 Å². The van der Waals surface area contributed by atoms with Crippen molar-refractivity contribution in [3.05, 3.63) is 12.0 Å². The highest BCUT2D eigenvalue weighted by molar-refractivity contribution is 5.68. The van der Waals surface area contributed by atoms with Crippen LogP contribution in [0.3, 0.4) is 0 Å².